The molecule has 0 unspecified atom stereocenters. The van der Waals surface area contributed by atoms with Gasteiger partial charge in [-0.2, -0.15) is 0 Å². The van der Waals surface area contributed by atoms with Gasteiger partial charge in [-0.1, -0.05) is 19.1 Å². The minimum absolute atomic E-state index is 0.134. The first-order valence-corrected chi connectivity index (χ1v) is 9.02. The van der Waals surface area contributed by atoms with Crippen molar-refractivity contribution in [1.82, 2.24) is 15.0 Å². The zero-order chi connectivity index (χ0) is 18.0. The van der Waals surface area contributed by atoms with Crippen molar-refractivity contribution in [3.8, 4) is 0 Å². The predicted molar refractivity (Wildman–Crippen MR) is 101 cm³/mol. The van der Waals surface area contributed by atoms with E-state index in [1.165, 1.54) is 20.8 Å². The van der Waals surface area contributed by atoms with Gasteiger partial charge in [-0.15, -0.1) is 11.3 Å². The lowest BCUT2D eigenvalue weighted by atomic mass is 10.2. The molecule has 25 heavy (non-hydrogen) atoms. The maximum Gasteiger partial charge on any atom is 0.279 e. The molecule has 0 radical (unpaired) electrons. The summed E-state index contributed by atoms with van der Waals surface area (Å²) in [7, 11) is 0. The van der Waals surface area contributed by atoms with E-state index < -0.39 is 0 Å². The SMILES string of the molecule is CCc1sc(C(=O)NNc2nc3ccccc3c(=O)n2CC)cc1C. The van der Waals surface area contributed by atoms with Crippen LogP contribution in [0.15, 0.2) is 35.1 Å². The molecule has 1 amide bonds. The number of amides is 1. The number of nitrogens with zero attached hydrogens (tertiary/aromatic N) is 2. The Kier molecular flexibility index (Phi) is 4.85. The highest BCUT2D eigenvalue weighted by molar-refractivity contribution is 7.14. The third-order valence-electron chi connectivity index (χ3n) is 4.03. The topological polar surface area (TPSA) is 76.0 Å². The van der Waals surface area contributed by atoms with Crippen LogP contribution in [0.2, 0.25) is 0 Å². The van der Waals surface area contributed by atoms with E-state index in [2.05, 4.69) is 22.8 Å². The number of thiophene rings is 1. The highest BCUT2D eigenvalue weighted by Gasteiger charge is 2.14. The number of rotatable bonds is 5. The summed E-state index contributed by atoms with van der Waals surface area (Å²) in [4.78, 5) is 31.2. The second kappa shape index (κ2) is 7.06. The maximum atomic E-state index is 12.6. The Morgan fingerprint density at radius 2 is 2.04 bits per heavy atom. The smallest absolute Gasteiger partial charge is 0.277 e. The van der Waals surface area contributed by atoms with E-state index in [9.17, 15) is 9.59 Å². The van der Waals surface area contributed by atoms with Gasteiger partial charge in [0.05, 0.1) is 15.8 Å². The molecule has 7 heteroatoms. The average Bonchev–Trinajstić information content (AvgIpc) is 3.01. The molecule has 130 valence electrons. The van der Waals surface area contributed by atoms with Crippen molar-refractivity contribution in [2.45, 2.75) is 33.7 Å². The van der Waals surface area contributed by atoms with Gasteiger partial charge in [0.2, 0.25) is 5.95 Å². The summed E-state index contributed by atoms with van der Waals surface area (Å²) in [5, 5.41) is 0.558. The molecule has 0 saturated heterocycles. The van der Waals surface area contributed by atoms with Crippen molar-refractivity contribution >= 4 is 34.1 Å². The highest BCUT2D eigenvalue weighted by Crippen LogP contribution is 2.22. The van der Waals surface area contributed by atoms with E-state index in [1.54, 1.807) is 12.1 Å². The van der Waals surface area contributed by atoms with Crippen LogP contribution >= 0.6 is 11.3 Å². The molecule has 0 aliphatic heterocycles. The predicted octanol–water partition coefficient (Wildman–Crippen LogP) is 3.11. The fourth-order valence-electron chi connectivity index (χ4n) is 2.71. The fourth-order valence-corrected chi connectivity index (χ4v) is 3.72. The molecule has 0 saturated carbocycles. The Morgan fingerprint density at radius 3 is 2.72 bits per heavy atom. The van der Waals surface area contributed by atoms with Crippen molar-refractivity contribution < 1.29 is 4.79 Å². The van der Waals surface area contributed by atoms with Crippen LogP contribution in [0.25, 0.3) is 10.9 Å². The van der Waals surface area contributed by atoms with E-state index >= 15 is 0 Å². The molecule has 6 nitrogen and oxygen atoms in total. The number of hydrogen-bond acceptors (Lipinski definition) is 5. The van der Waals surface area contributed by atoms with Crippen LogP contribution in [0.4, 0.5) is 5.95 Å². The number of carbonyl (C=O) groups is 1. The van der Waals surface area contributed by atoms with E-state index in [0.717, 1.165) is 12.0 Å². The van der Waals surface area contributed by atoms with Gasteiger partial charge < -0.3 is 0 Å². The van der Waals surface area contributed by atoms with Gasteiger partial charge in [0.25, 0.3) is 11.5 Å². The van der Waals surface area contributed by atoms with Gasteiger partial charge in [-0.3, -0.25) is 25.0 Å². The summed E-state index contributed by atoms with van der Waals surface area (Å²) in [5.41, 5.74) is 7.02. The molecular weight excluding hydrogens is 336 g/mol. The summed E-state index contributed by atoms with van der Waals surface area (Å²) in [6.07, 6.45) is 0.902. The van der Waals surface area contributed by atoms with Gasteiger partial charge in [0.1, 0.15) is 0 Å². The number of hydrazine groups is 1. The van der Waals surface area contributed by atoms with Gasteiger partial charge in [0.15, 0.2) is 0 Å². The first-order valence-electron chi connectivity index (χ1n) is 8.20. The van der Waals surface area contributed by atoms with Crippen LogP contribution in [-0.4, -0.2) is 15.5 Å². The summed E-state index contributed by atoms with van der Waals surface area (Å²) in [6.45, 7) is 6.38. The molecule has 0 spiro atoms. The highest BCUT2D eigenvalue weighted by atomic mass is 32.1. The van der Waals surface area contributed by atoms with Crippen molar-refractivity contribution in [3.05, 3.63) is 56.0 Å². The van der Waals surface area contributed by atoms with E-state index in [0.29, 0.717) is 28.3 Å². The Hall–Kier alpha value is -2.67. The second-order valence-electron chi connectivity index (χ2n) is 5.65. The first-order chi connectivity index (χ1) is 12.0. The molecule has 0 aliphatic carbocycles. The number of fused-ring (bicyclic) bond motifs is 1. The lowest BCUT2D eigenvalue weighted by Gasteiger charge is -2.13. The third kappa shape index (κ3) is 3.28. The number of nitrogens with one attached hydrogen (secondary N) is 2. The van der Waals surface area contributed by atoms with E-state index in [1.807, 2.05) is 32.0 Å². The fraction of sp³-hybridized carbons (Fsp3) is 0.278. The van der Waals surface area contributed by atoms with Gasteiger partial charge in [-0.25, -0.2) is 4.98 Å². The quantitative estimate of drug-likeness (QED) is 0.689. The van der Waals surface area contributed by atoms with Crippen LogP contribution in [0.1, 0.15) is 34.0 Å². The number of hydrogen-bond donors (Lipinski definition) is 2. The van der Waals surface area contributed by atoms with Crippen LogP contribution in [0.3, 0.4) is 0 Å². The number of aromatic nitrogens is 2. The summed E-state index contributed by atoms with van der Waals surface area (Å²) >= 11 is 1.48. The number of benzene rings is 1. The number of aryl methyl sites for hydroxylation is 2. The molecule has 0 bridgehead atoms. The summed E-state index contributed by atoms with van der Waals surface area (Å²) in [6, 6.07) is 9.04. The molecule has 0 atom stereocenters. The third-order valence-corrected chi connectivity index (χ3v) is 5.41. The number of para-hydroxylation sites is 1. The molecule has 3 aromatic rings. The van der Waals surface area contributed by atoms with Crippen molar-refractivity contribution in [1.29, 1.82) is 0 Å². The lowest BCUT2D eigenvalue weighted by molar-refractivity contribution is 0.0966. The normalized spacial score (nSPS) is 10.8. The van der Waals surface area contributed by atoms with Crippen LogP contribution in [0, 0.1) is 6.92 Å². The molecule has 0 fully saturated rings. The van der Waals surface area contributed by atoms with Crippen LogP contribution < -0.4 is 16.4 Å². The standard InChI is InChI=1S/C18H20N4O2S/c1-4-14-11(3)10-15(25-14)16(23)20-21-18-19-13-9-7-6-8-12(13)17(24)22(18)5-2/h6-10H,4-5H2,1-3H3,(H,19,21)(H,20,23). The molecule has 1 aromatic carbocycles. The molecule has 0 aliphatic rings. The number of carbonyl (C=O) groups excluding carboxylic acids is 1. The van der Waals surface area contributed by atoms with Crippen molar-refractivity contribution in [2.24, 2.45) is 0 Å². The maximum absolute atomic E-state index is 12.6. The van der Waals surface area contributed by atoms with Crippen molar-refractivity contribution in [3.63, 3.8) is 0 Å². The monoisotopic (exact) mass is 356 g/mol. The van der Waals surface area contributed by atoms with Crippen LogP contribution in [0.5, 0.6) is 0 Å². The van der Waals surface area contributed by atoms with Gasteiger partial charge in [-0.05, 0) is 44.0 Å². The average molecular weight is 356 g/mol. The minimum atomic E-state index is -0.238. The van der Waals surface area contributed by atoms with E-state index in [-0.39, 0.29) is 11.5 Å². The lowest BCUT2D eigenvalue weighted by Crippen LogP contribution is -2.34. The van der Waals surface area contributed by atoms with E-state index in [4.69, 9.17) is 0 Å². The molecule has 2 heterocycles. The molecule has 3 rings (SSSR count). The Morgan fingerprint density at radius 1 is 1.28 bits per heavy atom. The molecule has 2 N–H and O–H groups in total. The summed E-state index contributed by atoms with van der Waals surface area (Å²) in [5.74, 6) is 0.0846. The first kappa shape index (κ1) is 17.2. The number of anilines is 1. The minimum Gasteiger partial charge on any atom is -0.277 e. The zero-order valence-corrected chi connectivity index (χ0v) is 15.2. The molecule has 2 aromatic heterocycles. The molecular formula is C18H20N4O2S. The zero-order valence-electron chi connectivity index (χ0n) is 14.4. The summed E-state index contributed by atoms with van der Waals surface area (Å²) < 4.78 is 1.50. The van der Waals surface area contributed by atoms with Gasteiger partial charge in [0, 0.05) is 11.4 Å². The Labute approximate surface area is 149 Å². The Balaban J connectivity index is 1.87. The largest absolute Gasteiger partial charge is 0.279 e. The van der Waals surface area contributed by atoms with Gasteiger partial charge >= 0.3 is 0 Å². The van der Waals surface area contributed by atoms with Crippen molar-refractivity contribution in [2.75, 3.05) is 5.43 Å². The van der Waals surface area contributed by atoms with Crippen LogP contribution in [-0.2, 0) is 13.0 Å². The Bertz CT molecular complexity index is 990. The second-order valence-corrected chi connectivity index (χ2v) is 6.79.